The van der Waals surface area contributed by atoms with E-state index in [0.29, 0.717) is 17.9 Å². The van der Waals surface area contributed by atoms with Crippen LogP contribution in [0.15, 0.2) is 17.0 Å². The van der Waals surface area contributed by atoms with Gasteiger partial charge in [-0.25, -0.2) is 17.2 Å². The number of nitrogens with zero attached hydrogens (tertiary/aromatic N) is 3. The first kappa shape index (κ1) is 15.9. The van der Waals surface area contributed by atoms with E-state index in [-0.39, 0.29) is 29.1 Å². The van der Waals surface area contributed by atoms with Gasteiger partial charge in [-0.05, 0) is 33.3 Å². The van der Waals surface area contributed by atoms with E-state index in [2.05, 4.69) is 5.10 Å². The molecule has 0 fully saturated rings. The van der Waals surface area contributed by atoms with Crippen LogP contribution < -0.4 is 4.31 Å². The van der Waals surface area contributed by atoms with E-state index in [1.165, 1.54) is 0 Å². The zero-order valence-corrected chi connectivity index (χ0v) is 13.9. The molecule has 2 aromatic rings. The van der Waals surface area contributed by atoms with Crippen molar-refractivity contribution in [1.82, 2.24) is 9.78 Å². The van der Waals surface area contributed by atoms with Gasteiger partial charge in [0.15, 0.2) is 0 Å². The topological polar surface area (TPSA) is 55.2 Å². The summed E-state index contributed by atoms with van der Waals surface area (Å²) in [6, 6.07) is 1.85. The largest absolute Gasteiger partial charge is 0.268 e. The lowest BCUT2D eigenvalue weighted by atomic mass is 10.1. The van der Waals surface area contributed by atoms with Crippen LogP contribution in [-0.2, 0) is 23.0 Å². The third-order valence-corrected chi connectivity index (χ3v) is 6.20. The summed E-state index contributed by atoms with van der Waals surface area (Å²) in [5.74, 6) is -1.50. The molecule has 5 nitrogen and oxygen atoms in total. The fourth-order valence-electron chi connectivity index (χ4n) is 3.12. The second kappa shape index (κ2) is 5.30. The van der Waals surface area contributed by atoms with Crippen LogP contribution >= 0.6 is 0 Å². The monoisotopic (exact) mass is 341 g/mol. The summed E-state index contributed by atoms with van der Waals surface area (Å²) in [6.45, 7) is 5.80. The van der Waals surface area contributed by atoms with Gasteiger partial charge in [-0.3, -0.25) is 8.99 Å². The van der Waals surface area contributed by atoms with Gasteiger partial charge in [0, 0.05) is 24.7 Å². The molecule has 0 saturated heterocycles. The van der Waals surface area contributed by atoms with E-state index in [1.807, 2.05) is 6.92 Å². The van der Waals surface area contributed by atoms with E-state index in [0.717, 1.165) is 16.4 Å². The molecule has 0 amide bonds. The van der Waals surface area contributed by atoms with Crippen LogP contribution in [0, 0.1) is 25.5 Å². The van der Waals surface area contributed by atoms with Crippen LogP contribution in [0.1, 0.15) is 23.9 Å². The van der Waals surface area contributed by atoms with Crippen molar-refractivity contribution in [2.75, 3.05) is 10.8 Å². The Morgan fingerprint density at radius 1 is 1.26 bits per heavy atom. The highest BCUT2D eigenvalue weighted by Gasteiger charge is 2.36. The quantitative estimate of drug-likeness (QED) is 0.862. The maximum absolute atomic E-state index is 13.9. The van der Waals surface area contributed by atoms with E-state index in [4.69, 9.17) is 0 Å². The number of hydrogen-bond acceptors (Lipinski definition) is 3. The first-order chi connectivity index (χ1) is 10.8. The zero-order chi connectivity index (χ0) is 16.9. The Bertz CT molecular complexity index is 891. The SMILES string of the molecule is CCn1nc(C)c(S(=O)(=O)N2CCc3c(F)cc(F)cc32)c1C. The Labute approximate surface area is 133 Å². The van der Waals surface area contributed by atoms with Gasteiger partial charge in [-0.2, -0.15) is 5.10 Å². The van der Waals surface area contributed by atoms with Crippen molar-refractivity contribution in [2.24, 2.45) is 0 Å². The fourth-order valence-corrected chi connectivity index (χ4v) is 4.98. The van der Waals surface area contributed by atoms with Gasteiger partial charge in [0.25, 0.3) is 10.0 Å². The maximum Gasteiger partial charge on any atom is 0.268 e. The van der Waals surface area contributed by atoms with Crippen LogP contribution in [-0.4, -0.2) is 24.7 Å². The molecule has 0 radical (unpaired) electrons. The van der Waals surface area contributed by atoms with Crippen molar-refractivity contribution in [3.05, 3.63) is 40.7 Å². The average Bonchev–Trinajstić information content (AvgIpc) is 3.00. The van der Waals surface area contributed by atoms with Crippen LogP contribution in [0.3, 0.4) is 0 Å². The van der Waals surface area contributed by atoms with Crippen LogP contribution in [0.5, 0.6) is 0 Å². The van der Waals surface area contributed by atoms with E-state index in [1.54, 1.807) is 18.5 Å². The summed E-state index contributed by atoms with van der Waals surface area (Å²) in [4.78, 5) is 0.108. The van der Waals surface area contributed by atoms with Gasteiger partial charge >= 0.3 is 0 Å². The first-order valence-electron chi connectivity index (χ1n) is 7.32. The number of anilines is 1. The molecule has 1 aromatic carbocycles. The highest BCUT2D eigenvalue weighted by atomic mass is 32.2. The van der Waals surface area contributed by atoms with Gasteiger partial charge in [0.2, 0.25) is 0 Å². The summed E-state index contributed by atoms with van der Waals surface area (Å²) in [5.41, 5.74) is 1.21. The molecular weight excluding hydrogens is 324 g/mol. The Morgan fingerprint density at radius 3 is 2.57 bits per heavy atom. The maximum atomic E-state index is 13.9. The lowest BCUT2D eigenvalue weighted by Gasteiger charge is -2.20. The van der Waals surface area contributed by atoms with E-state index in [9.17, 15) is 17.2 Å². The van der Waals surface area contributed by atoms with Gasteiger partial charge in [0.1, 0.15) is 16.5 Å². The Morgan fingerprint density at radius 2 is 1.96 bits per heavy atom. The molecule has 0 aliphatic carbocycles. The summed E-state index contributed by atoms with van der Waals surface area (Å²) >= 11 is 0. The second-order valence-corrected chi connectivity index (χ2v) is 7.33. The summed E-state index contributed by atoms with van der Waals surface area (Å²) in [6.07, 6.45) is 0.223. The van der Waals surface area contributed by atoms with Gasteiger partial charge in [-0.1, -0.05) is 0 Å². The van der Waals surface area contributed by atoms with Crippen molar-refractivity contribution < 1.29 is 17.2 Å². The van der Waals surface area contributed by atoms with Crippen LogP contribution in [0.2, 0.25) is 0 Å². The van der Waals surface area contributed by atoms with Crippen molar-refractivity contribution in [2.45, 2.75) is 38.6 Å². The van der Waals surface area contributed by atoms with Crippen molar-refractivity contribution in [1.29, 1.82) is 0 Å². The molecule has 0 spiro atoms. The lowest BCUT2D eigenvalue weighted by Crippen LogP contribution is -2.30. The van der Waals surface area contributed by atoms with Gasteiger partial charge in [0.05, 0.1) is 17.1 Å². The fraction of sp³-hybridized carbons (Fsp3) is 0.400. The van der Waals surface area contributed by atoms with Crippen molar-refractivity contribution in [3.8, 4) is 0 Å². The van der Waals surface area contributed by atoms with Gasteiger partial charge < -0.3 is 0 Å². The molecule has 1 aliphatic rings. The smallest absolute Gasteiger partial charge is 0.268 e. The number of hydrogen-bond donors (Lipinski definition) is 0. The predicted molar refractivity (Wildman–Crippen MR) is 82.0 cm³/mol. The normalized spacial score (nSPS) is 14.4. The van der Waals surface area contributed by atoms with E-state index >= 15 is 0 Å². The lowest BCUT2D eigenvalue weighted by molar-refractivity contribution is 0.577. The molecule has 124 valence electrons. The van der Waals surface area contributed by atoms with Crippen LogP contribution in [0.4, 0.5) is 14.5 Å². The van der Waals surface area contributed by atoms with Crippen molar-refractivity contribution >= 4 is 15.7 Å². The minimum atomic E-state index is -3.92. The molecule has 0 bridgehead atoms. The minimum absolute atomic E-state index is 0.0746. The minimum Gasteiger partial charge on any atom is -0.268 e. The molecule has 0 N–H and O–H groups in total. The number of aryl methyl sites for hydroxylation is 2. The summed E-state index contributed by atoms with van der Waals surface area (Å²) < 4.78 is 56.1. The Balaban J connectivity index is 2.16. The number of rotatable bonds is 3. The number of benzene rings is 1. The zero-order valence-electron chi connectivity index (χ0n) is 13.1. The molecule has 23 heavy (non-hydrogen) atoms. The number of aromatic nitrogens is 2. The Kier molecular flexibility index (Phi) is 3.66. The molecule has 1 aromatic heterocycles. The number of fused-ring (bicyclic) bond motifs is 1. The highest BCUT2D eigenvalue weighted by Crippen LogP contribution is 2.36. The van der Waals surface area contributed by atoms with Gasteiger partial charge in [-0.15, -0.1) is 0 Å². The van der Waals surface area contributed by atoms with E-state index < -0.39 is 21.7 Å². The average molecular weight is 341 g/mol. The summed E-state index contributed by atoms with van der Waals surface area (Å²) in [5, 5.41) is 4.22. The first-order valence-corrected chi connectivity index (χ1v) is 8.76. The molecule has 3 rings (SSSR count). The molecule has 0 unspecified atom stereocenters. The molecular formula is C15H17F2N3O2S. The third-order valence-electron chi connectivity index (χ3n) is 4.13. The second-order valence-electron chi connectivity index (χ2n) is 5.53. The molecule has 0 saturated carbocycles. The molecule has 0 atom stereocenters. The standard InChI is InChI=1S/C15H17F2N3O2S/c1-4-19-10(3)15(9(2)18-19)23(21,22)20-6-5-12-13(17)7-11(16)8-14(12)20/h7-8H,4-6H2,1-3H3. The number of sulfonamides is 1. The number of halogens is 2. The predicted octanol–water partition coefficient (Wildman–Crippen LogP) is 2.55. The molecule has 1 aliphatic heterocycles. The summed E-state index contributed by atoms with van der Waals surface area (Å²) in [7, 11) is -3.92. The van der Waals surface area contributed by atoms with Crippen LogP contribution in [0.25, 0.3) is 0 Å². The molecule has 8 heteroatoms. The Hall–Kier alpha value is -1.96. The highest BCUT2D eigenvalue weighted by molar-refractivity contribution is 7.93. The van der Waals surface area contributed by atoms with Crippen molar-refractivity contribution in [3.63, 3.8) is 0 Å². The third kappa shape index (κ3) is 2.32. The molecule has 2 heterocycles.